The highest BCUT2D eigenvalue weighted by Crippen LogP contribution is 2.46. The highest BCUT2D eigenvalue weighted by molar-refractivity contribution is 7.16. The summed E-state index contributed by atoms with van der Waals surface area (Å²) in [4.78, 5) is 12.0. The van der Waals surface area contributed by atoms with E-state index in [0.717, 1.165) is 36.1 Å². The Balaban J connectivity index is 2.12. The van der Waals surface area contributed by atoms with E-state index in [1.807, 2.05) is 13.0 Å². The third-order valence-corrected chi connectivity index (χ3v) is 5.93. The van der Waals surface area contributed by atoms with Gasteiger partial charge in [-0.15, -0.1) is 11.3 Å². The molecule has 0 spiro atoms. The molecule has 0 radical (unpaired) electrons. The summed E-state index contributed by atoms with van der Waals surface area (Å²) >= 11 is 7.45. The van der Waals surface area contributed by atoms with Crippen molar-refractivity contribution in [2.75, 3.05) is 0 Å². The Labute approximate surface area is 128 Å². The van der Waals surface area contributed by atoms with E-state index in [1.54, 1.807) is 0 Å². The minimum atomic E-state index is -0.764. The molecule has 2 rings (SSSR count). The van der Waals surface area contributed by atoms with E-state index < -0.39 is 12.1 Å². The van der Waals surface area contributed by atoms with Crippen molar-refractivity contribution in [3.8, 4) is 0 Å². The van der Waals surface area contributed by atoms with Crippen molar-refractivity contribution >= 4 is 28.9 Å². The number of rotatable bonds is 5. The van der Waals surface area contributed by atoms with Gasteiger partial charge in [0.1, 0.15) is 0 Å². The molecule has 0 bridgehead atoms. The van der Waals surface area contributed by atoms with Crippen LogP contribution < -0.4 is 0 Å². The fraction of sp³-hybridized carbons (Fsp3) is 0.667. The smallest absolute Gasteiger partial charge is 0.303 e. The number of aliphatic carboxylic acids is 1. The second-order valence-electron chi connectivity index (χ2n) is 5.96. The zero-order chi connectivity index (χ0) is 14.8. The summed E-state index contributed by atoms with van der Waals surface area (Å²) in [5.41, 5.74) is 0.718. The molecule has 1 aromatic rings. The number of aliphatic hydroxyl groups excluding tert-OH is 1. The van der Waals surface area contributed by atoms with Crippen molar-refractivity contribution in [3.63, 3.8) is 0 Å². The number of halogens is 1. The summed E-state index contributed by atoms with van der Waals surface area (Å²) < 4.78 is 0.704. The summed E-state index contributed by atoms with van der Waals surface area (Å²) in [7, 11) is 0. The molecule has 2 N–H and O–H groups in total. The number of aryl methyl sites for hydroxylation is 1. The molecule has 1 aliphatic rings. The Bertz CT molecular complexity index is 458. The van der Waals surface area contributed by atoms with Crippen LogP contribution in [0, 0.1) is 12.3 Å². The fourth-order valence-electron chi connectivity index (χ4n) is 3.23. The summed E-state index contributed by atoms with van der Waals surface area (Å²) in [6.45, 7) is 1.92. The van der Waals surface area contributed by atoms with E-state index in [2.05, 4.69) is 0 Å². The lowest BCUT2D eigenvalue weighted by Gasteiger charge is -2.37. The van der Waals surface area contributed by atoms with Gasteiger partial charge in [-0.2, -0.15) is 0 Å². The molecule has 1 unspecified atom stereocenters. The maximum atomic E-state index is 11.1. The van der Waals surface area contributed by atoms with Crippen molar-refractivity contribution in [2.45, 2.75) is 58.0 Å². The highest BCUT2D eigenvalue weighted by atomic mass is 35.5. The van der Waals surface area contributed by atoms with Gasteiger partial charge in [-0.25, -0.2) is 0 Å². The van der Waals surface area contributed by atoms with Crippen LogP contribution in [0.4, 0.5) is 0 Å². The van der Waals surface area contributed by atoms with Gasteiger partial charge in [-0.05, 0) is 43.2 Å². The second-order valence-corrected chi connectivity index (χ2v) is 7.64. The molecule has 0 aromatic carbocycles. The minimum Gasteiger partial charge on any atom is -0.481 e. The topological polar surface area (TPSA) is 57.5 Å². The average Bonchev–Trinajstić information content (AvgIpc) is 2.69. The lowest BCUT2D eigenvalue weighted by Crippen LogP contribution is -2.29. The minimum absolute atomic E-state index is 0.155. The number of carboxylic acids is 1. The third-order valence-electron chi connectivity index (χ3n) is 4.27. The molecular weight excluding hydrogens is 296 g/mol. The van der Waals surface area contributed by atoms with E-state index >= 15 is 0 Å². The third kappa shape index (κ3) is 3.74. The zero-order valence-electron chi connectivity index (χ0n) is 11.7. The summed E-state index contributed by atoms with van der Waals surface area (Å²) in [5.74, 6) is -0.764. The van der Waals surface area contributed by atoms with E-state index in [4.69, 9.17) is 16.7 Å². The lowest BCUT2D eigenvalue weighted by molar-refractivity contribution is -0.141. The number of aliphatic hydroxyl groups is 1. The molecule has 1 aromatic heterocycles. The molecule has 1 saturated carbocycles. The van der Waals surface area contributed by atoms with E-state index in [1.165, 1.54) is 17.8 Å². The molecule has 1 fully saturated rings. The van der Waals surface area contributed by atoms with Crippen molar-refractivity contribution in [2.24, 2.45) is 5.41 Å². The predicted octanol–water partition coefficient (Wildman–Crippen LogP) is 4.56. The molecule has 3 nitrogen and oxygen atoms in total. The quantitative estimate of drug-likeness (QED) is 0.837. The second kappa shape index (κ2) is 6.46. The predicted molar refractivity (Wildman–Crippen MR) is 81.4 cm³/mol. The SMILES string of the molecule is Cc1cc(C(O)CC2(CC(=O)O)CCCCC2)sc1Cl. The van der Waals surface area contributed by atoms with Gasteiger partial charge in [0, 0.05) is 4.88 Å². The van der Waals surface area contributed by atoms with Crippen molar-refractivity contribution in [1.82, 2.24) is 0 Å². The first-order chi connectivity index (χ1) is 9.42. The van der Waals surface area contributed by atoms with Crippen LogP contribution in [-0.2, 0) is 4.79 Å². The lowest BCUT2D eigenvalue weighted by atomic mass is 9.68. The van der Waals surface area contributed by atoms with E-state index in [-0.39, 0.29) is 11.8 Å². The Morgan fingerprint density at radius 2 is 2.10 bits per heavy atom. The first-order valence-corrected chi connectivity index (χ1v) is 8.27. The fourth-order valence-corrected chi connectivity index (χ4v) is 4.44. The van der Waals surface area contributed by atoms with Crippen LogP contribution in [0.25, 0.3) is 0 Å². The number of thiophene rings is 1. The zero-order valence-corrected chi connectivity index (χ0v) is 13.3. The van der Waals surface area contributed by atoms with Crippen LogP contribution in [0.1, 0.15) is 61.5 Å². The van der Waals surface area contributed by atoms with Gasteiger partial charge in [0.15, 0.2) is 0 Å². The number of hydrogen-bond donors (Lipinski definition) is 2. The first kappa shape index (κ1) is 15.8. The van der Waals surface area contributed by atoms with Crippen LogP contribution in [-0.4, -0.2) is 16.2 Å². The molecule has 0 saturated heterocycles. The maximum absolute atomic E-state index is 11.1. The normalized spacial score (nSPS) is 19.8. The molecule has 20 heavy (non-hydrogen) atoms. The Hall–Kier alpha value is -0.580. The standard InChI is InChI=1S/C15H21ClO3S/c1-10-7-12(20-14(10)16)11(17)8-15(9-13(18)19)5-3-2-4-6-15/h7,11,17H,2-6,8-9H2,1H3,(H,18,19). The summed E-state index contributed by atoms with van der Waals surface area (Å²) in [6.07, 6.45) is 5.15. The van der Waals surface area contributed by atoms with Gasteiger partial charge in [-0.3, -0.25) is 4.79 Å². The largest absolute Gasteiger partial charge is 0.481 e. The van der Waals surface area contributed by atoms with Crippen LogP contribution in [0.3, 0.4) is 0 Å². The van der Waals surface area contributed by atoms with Crippen LogP contribution in [0.5, 0.6) is 0 Å². The Morgan fingerprint density at radius 3 is 2.60 bits per heavy atom. The maximum Gasteiger partial charge on any atom is 0.303 e. The highest BCUT2D eigenvalue weighted by Gasteiger charge is 2.36. The molecule has 0 amide bonds. The number of hydrogen-bond acceptors (Lipinski definition) is 3. The van der Waals surface area contributed by atoms with Gasteiger partial charge in [-0.1, -0.05) is 30.9 Å². The molecule has 1 aliphatic carbocycles. The van der Waals surface area contributed by atoms with Gasteiger partial charge >= 0.3 is 5.97 Å². The van der Waals surface area contributed by atoms with Crippen LogP contribution in [0.15, 0.2) is 6.07 Å². The summed E-state index contributed by atoms with van der Waals surface area (Å²) in [6, 6.07) is 1.91. The Morgan fingerprint density at radius 1 is 1.45 bits per heavy atom. The Kier molecular flexibility index (Phi) is 5.10. The molecule has 0 aliphatic heterocycles. The average molecular weight is 317 g/mol. The molecule has 1 atom stereocenters. The molecular formula is C15H21ClO3S. The van der Waals surface area contributed by atoms with Gasteiger partial charge in [0.25, 0.3) is 0 Å². The van der Waals surface area contributed by atoms with Crippen molar-refractivity contribution < 1.29 is 15.0 Å². The van der Waals surface area contributed by atoms with Crippen molar-refractivity contribution in [3.05, 3.63) is 20.8 Å². The van der Waals surface area contributed by atoms with Gasteiger partial charge in [0.05, 0.1) is 16.9 Å². The monoisotopic (exact) mass is 316 g/mol. The summed E-state index contributed by atoms with van der Waals surface area (Å²) in [5, 5.41) is 19.6. The number of carbonyl (C=O) groups is 1. The van der Waals surface area contributed by atoms with Gasteiger partial charge < -0.3 is 10.2 Å². The van der Waals surface area contributed by atoms with Gasteiger partial charge in [0.2, 0.25) is 0 Å². The van der Waals surface area contributed by atoms with Crippen LogP contribution >= 0.6 is 22.9 Å². The molecule has 112 valence electrons. The molecule has 1 heterocycles. The van der Waals surface area contributed by atoms with Crippen molar-refractivity contribution in [1.29, 1.82) is 0 Å². The van der Waals surface area contributed by atoms with E-state index in [0.29, 0.717) is 10.8 Å². The first-order valence-electron chi connectivity index (χ1n) is 7.08. The number of carboxylic acid groups (broad SMARTS) is 1. The van der Waals surface area contributed by atoms with Crippen LogP contribution in [0.2, 0.25) is 4.34 Å². The molecule has 5 heteroatoms. The van der Waals surface area contributed by atoms with E-state index in [9.17, 15) is 9.90 Å².